The summed E-state index contributed by atoms with van der Waals surface area (Å²) in [7, 11) is 0. The van der Waals surface area contributed by atoms with Crippen LogP contribution in [0.2, 0.25) is 0 Å². The third kappa shape index (κ3) is 11.3. The zero-order valence-corrected chi connectivity index (χ0v) is 33.4. The van der Waals surface area contributed by atoms with Crippen LogP contribution in [0.25, 0.3) is 0 Å². The van der Waals surface area contributed by atoms with Crippen LogP contribution >= 0.6 is 0 Å². The first-order valence-corrected chi connectivity index (χ1v) is 20.9. The first kappa shape index (κ1) is 41.6. The number of hydrogen-bond donors (Lipinski definition) is 5. The van der Waals surface area contributed by atoms with Crippen molar-refractivity contribution in [3.63, 3.8) is 0 Å². The molecule has 0 bridgehead atoms. The van der Waals surface area contributed by atoms with Gasteiger partial charge < -0.3 is 50.6 Å². The zero-order valence-electron chi connectivity index (χ0n) is 33.4. The Morgan fingerprint density at radius 2 is 1.93 bits per heavy atom. The van der Waals surface area contributed by atoms with E-state index in [0.29, 0.717) is 63.9 Å². The van der Waals surface area contributed by atoms with E-state index in [1.807, 2.05) is 9.80 Å². The molecule has 58 heavy (non-hydrogen) atoms. The molecular formula is C43H59N7O8. The number of carbonyl (C=O) groups excluding carboxylic acids is 3. The highest BCUT2D eigenvalue weighted by molar-refractivity contribution is 5.98. The molecule has 2 aromatic carbocycles. The average molecular weight is 802 g/mol. The van der Waals surface area contributed by atoms with Gasteiger partial charge in [0.1, 0.15) is 11.4 Å². The van der Waals surface area contributed by atoms with Gasteiger partial charge in [0.2, 0.25) is 5.91 Å². The number of phenolic OH excluding ortho intramolecular Hbond substituents is 1. The molecule has 6 N–H and O–H groups in total. The molecule has 15 heteroatoms. The van der Waals surface area contributed by atoms with E-state index in [1.54, 1.807) is 18.4 Å². The lowest BCUT2D eigenvalue weighted by molar-refractivity contribution is -0.156. The van der Waals surface area contributed by atoms with Gasteiger partial charge in [0.15, 0.2) is 12.4 Å². The predicted octanol–water partition coefficient (Wildman–Crippen LogP) is 2.50. The number of phenols is 1. The van der Waals surface area contributed by atoms with Crippen molar-refractivity contribution in [3.8, 4) is 11.5 Å². The van der Waals surface area contributed by atoms with Crippen LogP contribution in [0.3, 0.4) is 0 Å². The summed E-state index contributed by atoms with van der Waals surface area (Å²) >= 11 is 0. The molecule has 0 aromatic heterocycles. The van der Waals surface area contributed by atoms with Crippen LogP contribution in [0.15, 0.2) is 53.2 Å². The van der Waals surface area contributed by atoms with Crippen molar-refractivity contribution in [2.75, 3.05) is 84.1 Å². The second-order valence-corrected chi connectivity index (χ2v) is 16.3. The van der Waals surface area contributed by atoms with Gasteiger partial charge in [-0.1, -0.05) is 24.3 Å². The number of likely N-dealkylation sites (tertiary alicyclic amines) is 1. The number of aliphatic hydroxyl groups excluding tert-OH is 1. The maximum atomic E-state index is 13.1. The molecule has 3 amide bonds. The zero-order chi connectivity index (χ0) is 40.5. The lowest BCUT2D eigenvalue weighted by atomic mass is 9.89. The third-order valence-electron chi connectivity index (χ3n) is 11.7. The summed E-state index contributed by atoms with van der Waals surface area (Å²) in [5.41, 5.74) is 9.10. The largest absolute Gasteiger partial charge is 0.506 e. The van der Waals surface area contributed by atoms with Gasteiger partial charge in [0.25, 0.3) is 11.8 Å². The topological polar surface area (TPSA) is 192 Å². The Bertz CT molecular complexity index is 1820. The van der Waals surface area contributed by atoms with E-state index < -0.39 is 6.10 Å². The second-order valence-electron chi connectivity index (χ2n) is 16.3. The van der Waals surface area contributed by atoms with Crippen molar-refractivity contribution >= 4 is 29.6 Å². The Balaban J connectivity index is 0.781. The van der Waals surface area contributed by atoms with E-state index >= 15 is 0 Å². The number of nitrogens with zero attached hydrogens (tertiary/aromatic N) is 4. The lowest BCUT2D eigenvalue weighted by Gasteiger charge is -2.47. The molecule has 1 atom stereocenters. The van der Waals surface area contributed by atoms with Crippen LogP contribution in [0.1, 0.15) is 67.7 Å². The normalized spacial score (nSPS) is 20.1. The number of hydrogen-bond acceptors (Lipinski definition) is 12. The van der Waals surface area contributed by atoms with Gasteiger partial charge in [0, 0.05) is 70.2 Å². The van der Waals surface area contributed by atoms with Gasteiger partial charge in [-0.2, -0.15) is 0 Å². The molecule has 0 radical (unpaired) electrons. The Kier molecular flexibility index (Phi) is 14.0. The molecule has 7 rings (SSSR count). The molecule has 5 aliphatic rings. The molecule has 2 saturated carbocycles. The number of anilines is 1. The molecule has 15 nitrogen and oxygen atoms in total. The van der Waals surface area contributed by atoms with Gasteiger partial charge in [-0.15, -0.1) is 0 Å². The number of nitrogens with two attached hydrogens (primary N) is 1. The highest BCUT2D eigenvalue weighted by atomic mass is 16.5. The van der Waals surface area contributed by atoms with Crippen molar-refractivity contribution in [3.05, 3.63) is 64.9 Å². The summed E-state index contributed by atoms with van der Waals surface area (Å²) in [6.45, 7) is 6.98. The molecule has 2 saturated heterocycles. The van der Waals surface area contributed by atoms with Crippen molar-refractivity contribution in [1.82, 2.24) is 20.0 Å². The molecule has 314 valence electrons. The minimum atomic E-state index is -0.931. The Morgan fingerprint density at radius 3 is 2.72 bits per heavy atom. The van der Waals surface area contributed by atoms with Gasteiger partial charge in [-0.25, -0.2) is 0 Å². The van der Waals surface area contributed by atoms with Crippen LogP contribution < -0.4 is 21.1 Å². The average Bonchev–Trinajstić information content (AvgIpc) is 4.17. The summed E-state index contributed by atoms with van der Waals surface area (Å²) < 4.78 is 17.7. The molecular weight excluding hydrogens is 743 g/mol. The summed E-state index contributed by atoms with van der Waals surface area (Å²) in [5.74, 6) is 0.397. The van der Waals surface area contributed by atoms with Gasteiger partial charge in [-0.05, 0) is 80.2 Å². The number of morpholine rings is 1. The number of piperidine rings is 1. The number of fused-ring (bicyclic) bond motifs is 1. The number of carbonyl (C=O) groups is 3. The van der Waals surface area contributed by atoms with Crippen LogP contribution in [0.4, 0.5) is 5.69 Å². The molecule has 4 fully saturated rings. The third-order valence-corrected chi connectivity index (χ3v) is 11.7. The van der Waals surface area contributed by atoms with Crippen molar-refractivity contribution < 1.29 is 38.8 Å². The number of nitrogens with one attached hydrogen (secondary N) is 2. The van der Waals surface area contributed by atoms with Crippen molar-refractivity contribution in [1.29, 1.82) is 0 Å². The molecule has 2 aliphatic carbocycles. The fraction of sp³-hybridized carbons (Fsp3) is 0.581. The standard InChI is InChI=1S/C43H59N7O8/c44-35(10-15-45-25-31-4-5-31)42(55)49-20-23-58-43(29-49)13-17-48(18-14-43)27-32-3-1-2-30(24-32)11-21-56-22-12-39(54)50(33-6-7-33)19-16-46-26-37(52)34-8-9-36(51)40-41(34)57-28-38(53)47-40/h1-3,8-10,15,24,31,33,37,46,51-52H,4-7,11-14,16-23,25-29,44H2,(H,47,53). The minimum Gasteiger partial charge on any atom is -0.506 e. The van der Waals surface area contributed by atoms with Gasteiger partial charge >= 0.3 is 0 Å². The van der Waals surface area contributed by atoms with Crippen molar-refractivity contribution in [2.45, 2.75) is 75.7 Å². The van der Waals surface area contributed by atoms with Gasteiger partial charge in [-0.3, -0.25) is 24.3 Å². The van der Waals surface area contributed by atoms with E-state index in [0.717, 1.165) is 58.3 Å². The quantitative estimate of drug-likeness (QED) is 0.0608. The first-order chi connectivity index (χ1) is 28.2. The van der Waals surface area contributed by atoms with Gasteiger partial charge in [0.05, 0.1) is 50.2 Å². The Morgan fingerprint density at radius 1 is 1.12 bits per heavy atom. The van der Waals surface area contributed by atoms with Crippen molar-refractivity contribution in [2.24, 2.45) is 16.6 Å². The maximum Gasteiger partial charge on any atom is 0.269 e. The Labute approximate surface area is 340 Å². The summed E-state index contributed by atoms with van der Waals surface area (Å²) in [5, 5.41) is 26.7. The maximum absolute atomic E-state index is 13.1. The smallest absolute Gasteiger partial charge is 0.269 e. The molecule has 1 spiro atoms. The number of allylic oxidation sites excluding steroid dienone is 1. The van der Waals surface area contributed by atoms with Crippen LogP contribution in [-0.4, -0.2) is 139 Å². The van der Waals surface area contributed by atoms with Crippen LogP contribution in [0, 0.1) is 5.92 Å². The molecule has 3 heterocycles. The highest BCUT2D eigenvalue weighted by Gasteiger charge is 2.41. The number of rotatable bonds is 19. The van der Waals surface area contributed by atoms with E-state index in [2.05, 4.69) is 44.8 Å². The monoisotopic (exact) mass is 801 g/mol. The summed E-state index contributed by atoms with van der Waals surface area (Å²) in [6.07, 6.45) is 9.61. The van der Waals surface area contributed by atoms with E-state index in [1.165, 1.54) is 30.0 Å². The van der Waals surface area contributed by atoms with Crippen LogP contribution in [-0.2, 0) is 36.8 Å². The number of amides is 3. The lowest BCUT2D eigenvalue weighted by Crippen LogP contribution is -2.58. The molecule has 3 aliphatic heterocycles. The fourth-order valence-corrected chi connectivity index (χ4v) is 7.96. The predicted molar refractivity (Wildman–Crippen MR) is 219 cm³/mol. The summed E-state index contributed by atoms with van der Waals surface area (Å²) in [4.78, 5) is 48.5. The Hall–Kier alpha value is -4.54. The number of aliphatic imine (C=N–C) groups is 1. The number of aliphatic hydroxyl groups is 1. The summed E-state index contributed by atoms with van der Waals surface area (Å²) in [6, 6.07) is 11.8. The number of aromatic hydroxyl groups is 1. The molecule has 2 aromatic rings. The SMILES string of the molecule is NC(=CC=NCC1CC1)C(=O)N1CCOC2(CCN(Cc3cccc(CCOCCC(=O)N(CCNCC(O)c4ccc(O)c5c4OCC(=O)N5)C4CC4)c3)CC2)C1. The number of ether oxygens (including phenoxy) is 3. The first-order valence-electron chi connectivity index (χ1n) is 20.9. The second kappa shape index (κ2) is 19.5. The highest BCUT2D eigenvalue weighted by Crippen LogP contribution is 2.41. The minimum absolute atomic E-state index is 0.0650. The fourth-order valence-electron chi connectivity index (χ4n) is 7.96. The number of benzene rings is 2. The van der Waals surface area contributed by atoms with Crippen LogP contribution in [0.5, 0.6) is 11.5 Å². The van der Waals surface area contributed by atoms with E-state index in [-0.39, 0.29) is 65.4 Å². The molecule has 1 unspecified atom stereocenters. The van der Waals surface area contributed by atoms with E-state index in [9.17, 15) is 24.6 Å². The van der Waals surface area contributed by atoms with E-state index in [4.69, 9.17) is 19.9 Å².